The Morgan fingerprint density at radius 2 is 1.80 bits per heavy atom. The molecule has 2 unspecified atom stereocenters. The lowest BCUT2D eigenvalue weighted by Gasteiger charge is -2.30. The van der Waals surface area contributed by atoms with E-state index in [1.54, 1.807) is 0 Å². The molecule has 0 aliphatic rings. The quantitative estimate of drug-likeness (QED) is 0.683. The number of nitrogens with zero attached hydrogens (tertiary/aromatic N) is 1. The van der Waals surface area contributed by atoms with Gasteiger partial charge in [0.25, 0.3) is 0 Å². The fraction of sp³-hybridized carbons (Fsp3) is 0.938. The van der Waals surface area contributed by atoms with Crippen LogP contribution in [0.2, 0.25) is 0 Å². The molecule has 0 fully saturated rings. The SMILES string of the molecule is CC(CCN(C)C)NC(=O)CCC(CCN)C(C)(C)C. The summed E-state index contributed by atoms with van der Waals surface area (Å²) >= 11 is 0. The maximum atomic E-state index is 12.0. The summed E-state index contributed by atoms with van der Waals surface area (Å²) in [7, 11) is 4.10. The zero-order chi connectivity index (χ0) is 15.8. The van der Waals surface area contributed by atoms with Crippen LogP contribution in [0.15, 0.2) is 0 Å². The van der Waals surface area contributed by atoms with Crippen molar-refractivity contribution in [2.24, 2.45) is 17.1 Å². The normalized spacial score (nSPS) is 15.2. The van der Waals surface area contributed by atoms with Crippen LogP contribution >= 0.6 is 0 Å². The van der Waals surface area contributed by atoms with Gasteiger partial charge in [-0.05, 0) is 64.7 Å². The molecule has 0 rings (SSSR count). The minimum atomic E-state index is 0.169. The zero-order valence-corrected chi connectivity index (χ0v) is 14.3. The van der Waals surface area contributed by atoms with Crippen molar-refractivity contribution in [1.82, 2.24) is 10.2 Å². The molecule has 3 N–H and O–H groups in total. The van der Waals surface area contributed by atoms with E-state index in [-0.39, 0.29) is 17.4 Å². The molecular weight excluding hydrogens is 250 g/mol. The summed E-state index contributed by atoms with van der Waals surface area (Å²) in [5.74, 6) is 0.679. The third-order valence-electron chi connectivity index (χ3n) is 3.88. The molecule has 120 valence electrons. The van der Waals surface area contributed by atoms with Crippen LogP contribution < -0.4 is 11.1 Å². The van der Waals surface area contributed by atoms with Crippen LogP contribution in [-0.4, -0.2) is 44.0 Å². The standard InChI is InChI=1S/C16H35N3O/c1-13(10-12-19(5)6)18-15(20)8-7-14(9-11-17)16(2,3)4/h13-14H,7-12,17H2,1-6H3,(H,18,20). The Kier molecular flexibility index (Phi) is 9.06. The number of nitrogens with two attached hydrogens (primary N) is 1. The molecule has 0 spiro atoms. The van der Waals surface area contributed by atoms with Crippen molar-refractivity contribution in [3.05, 3.63) is 0 Å². The molecule has 4 heteroatoms. The highest BCUT2D eigenvalue weighted by molar-refractivity contribution is 5.76. The van der Waals surface area contributed by atoms with Gasteiger partial charge in [-0.25, -0.2) is 0 Å². The first kappa shape index (κ1) is 19.4. The Morgan fingerprint density at radius 3 is 2.25 bits per heavy atom. The van der Waals surface area contributed by atoms with Gasteiger partial charge in [-0.3, -0.25) is 4.79 Å². The first-order valence-corrected chi connectivity index (χ1v) is 7.81. The maximum absolute atomic E-state index is 12.0. The van der Waals surface area contributed by atoms with E-state index in [0.717, 1.165) is 25.8 Å². The fourth-order valence-corrected chi connectivity index (χ4v) is 2.39. The van der Waals surface area contributed by atoms with Crippen molar-refractivity contribution in [3.63, 3.8) is 0 Å². The number of hydrogen-bond acceptors (Lipinski definition) is 3. The van der Waals surface area contributed by atoms with Gasteiger partial charge < -0.3 is 16.0 Å². The summed E-state index contributed by atoms with van der Waals surface area (Å²) in [6.07, 6.45) is 3.51. The summed E-state index contributed by atoms with van der Waals surface area (Å²) in [6.45, 7) is 10.4. The number of hydrogen-bond donors (Lipinski definition) is 2. The van der Waals surface area contributed by atoms with Crippen LogP contribution in [0.5, 0.6) is 0 Å². The second-order valence-electron chi connectivity index (χ2n) is 7.24. The predicted octanol–water partition coefficient (Wildman–Crippen LogP) is 2.23. The molecule has 0 aromatic heterocycles. The Balaban J connectivity index is 4.07. The lowest BCUT2D eigenvalue weighted by molar-refractivity contribution is -0.122. The Labute approximate surface area is 125 Å². The molecule has 0 saturated heterocycles. The first-order valence-electron chi connectivity index (χ1n) is 7.81. The number of carbonyl (C=O) groups is 1. The van der Waals surface area contributed by atoms with Gasteiger partial charge in [0.1, 0.15) is 0 Å². The third kappa shape index (κ3) is 9.32. The topological polar surface area (TPSA) is 58.4 Å². The van der Waals surface area contributed by atoms with E-state index in [1.165, 1.54) is 0 Å². The Morgan fingerprint density at radius 1 is 1.20 bits per heavy atom. The minimum absolute atomic E-state index is 0.169. The van der Waals surface area contributed by atoms with Gasteiger partial charge in [-0.15, -0.1) is 0 Å². The first-order chi connectivity index (χ1) is 9.16. The molecule has 0 bridgehead atoms. The monoisotopic (exact) mass is 285 g/mol. The number of carbonyl (C=O) groups excluding carboxylic acids is 1. The summed E-state index contributed by atoms with van der Waals surface area (Å²) in [6, 6.07) is 0.243. The molecule has 0 aromatic carbocycles. The summed E-state index contributed by atoms with van der Waals surface area (Å²) in [5.41, 5.74) is 5.89. The predicted molar refractivity (Wildman–Crippen MR) is 86.6 cm³/mol. The van der Waals surface area contributed by atoms with Gasteiger partial charge in [0, 0.05) is 12.5 Å². The van der Waals surface area contributed by atoms with Crippen LogP contribution in [0.25, 0.3) is 0 Å². The van der Waals surface area contributed by atoms with Crippen LogP contribution in [0.3, 0.4) is 0 Å². The van der Waals surface area contributed by atoms with Crippen molar-refractivity contribution < 1.29 is 4.79 Å². The molecule has 1 amide bonds. The van der Waals surface area contributed by atoms with Crippen molar-refractivity contribution in [3.8, 4) is 0 Å². The molecule has 0 saturated carbocycles. The molecule has 20 heavy (non-hydrogen) atoms. The second-order valence-corrected chi connectivity index (χ2v) is 7.24. The van der Waals surface area contributed by atoms with E-state index in [2.05, 4.69) is 52.0 Å². The third-order valence-corrected chi connectivity index (χ3v) is 3.88. The molecule has 0 radical (unpaired) electrons. The van der Waals surface area contributed by atoms with E-state index in [4.69, 9.17) is 5.73 Å². The van der Waals surface area contributed by atoms with E-state index in [1.807, 2.05) is 0 Å². The molecule has 4 nitrogen and oxygen atoms in total. The lowest BCUT2D eigenvalue weighted by Crippen LogP contribution is -2.35. The van der Waals surface area contributed by atoms with Gasteiger partial charge in [0.2, 0.25) is 5.91 Å². The fourth-order valence-electron chi connectivity index (χ4n) is 2.39. The number of rotatable bonds is 9. The zero-order valence-electron chi connectivity index (χ0n) is 14.3. The summed E-state index contributed by atoms with van der Waals surface area (Å²) < 4.78 is 0. The van der Waals surface area contributed by atoms with Crippen LogP contribution in [0.1, 0.15) is 53.4 Å². The van der Waals surface area contributed by atoms with Gasteiger partial charge >= 0.3 is 0 Å². The van der Waals surface area contributed by atoms with Gasteiger partial charge in [-0.1, -0.05) is 20.8 Å². The maximum Gasteiger partial charge on any atom is 0.220 e. The van der Waals surface area contributed by atoms with Crippen molar-refractivity contribution in [2.45, 2.75) is 59.4 Å². The molecule has 0 aromatic rings. The highest BCUT2D eigenvalue weighted by atomic mass is 16.1. The van der Waals surface area contributed by atoms with Crippen LogP contribution in [-0.2, 0) is 4.79 Å². The second kappa shape index (κ2) is 9.35. The van der Waals surface area contributed by atoms with Gasteiger partial charge in [0.05, 0.1) is 0 Å². The Bertz CT molecular complexity index is 271. The van der Waals surface area contributed by atoms with E-state index < -0.39 is 0 Å². The summed E-state index contributed by atoms with van der Waals surface area (Å²) in [5, 5.41) is 3.09. The highest BCUT2D eigenvalue weighted by Gasteiger charge is 2.24. The van der Waals surface area contributed by atoms with E-state index in [9.17, 15) is 4.79 Å². The molecule has 2 atom stereocenters. The van der Waals surface area contributed by atoms with Crippen LogP contribution in [0.4, 0.5) is 0 Å². The molecular formula is C16H35N3O. The van der Waals surface area contributed by atoms with Gasteiger partial charge in [0.15, 0.2) is 0 Å². The average molecular weight is 285 g/mol. The lowest BCUT2D eigenvalue weighted by atomic mass is 9.76. The highest BCUT2D eigenvalue weighted by Crippen LogP contribution is 2.31. The molecule has 0 aliphatic carbocycles. The number of amides is 1. The summed E-state index contributed by atoms with van der Waals surface area (Å²) in [4.78, 5) is 14.1. The van der Waals surface area contributed by atoms with E-state index in [0.29, 0.717) is 18.9 Å². The van der Waals surface area contributed by atoms with Crippen LogP contribution in [0, 0.1) is 11.3 Å². The molecule has 0 aliphatic heterocycles. The van der Waals surface area contributed by atoms with Gasteiger partial charge in [-0.2, -0.15) is 0 Å². The van der Waals surface area contributed by atoms with Crippen molar-refractivity contribution >= 4 is 5.91 Å². The molecule has 0 heterocycles. The van der Waals surface area contributed by atoms with Crippen molar-refractivity contribution in [2.75, 3.05) is 27.2 Å². The number of nitrogens with one attached hydrogen (secondary N) is 1. The smallest absolute Gasteiger partial charge is 0.220 e. The van der Waals surface area contributed by atoms with E-state index >= 15 is 0 Å². The van der Waals surface area contributed by atoms with Crippen molar-refractivity contribution in [1.29, 1.82) is 0 Å². The Hall–Kier alpha value is -0.610. The minimum Gasteiger partial charge on any atom is -0.354 e. The largest absolute Gasteiger partial charge is 0.354 e. The average Bonchev–Trinajstić information content (AvgIpc) is 2.30.